The SMILES string of the molecule is CN(c1ccccc1)c1cc(C=C2SC(=O)NC2=O)nc(N2CCN(c3cccnc3)CC2)n1. The third kappa shape index (κ3) is 4.72. The second kappa shape index (κ2) is 9.52. The molecule has 0 radical (unpaired) electrons. The van der Waals surface area contributed by atoms with Crippen molar-refractivity contribution in [1.29, 1.82) is 0 Å². The summed E-state index contributed by atoms with van der Waals surface area (Å²) < 4.78 is 0. The van der Waals surface area contributed by atoms with Crippen LogP contribution in [0.4, 0.5) is 27.9 Å². The number of thioether (sulfide) groups is 1. The van der Waals surface area contributed by atoms with Gasteiger partial charge in [0.1, 0.15) is 5.82 Å². The van der Waals surface area contributed by atoms with Gasteiger partial charge in [0.2, 0.25) is 5.95 Å². The third-order valence-electron chi connectivity index (χ3n) is 5.70. The number of imide groups is 1. The lowest BCUT2D eigenvalue weighted by atomic mass is 10.2. The van der Waals surface area contributed by atoms with E-state index in [0.29, 0.717) is 22.4 Å². The Balaban J connectivity index is 1.45. The van der Waals surface area contributed by atoms with Crippen LogP contribution in [0.3, 0.4) is 0 Å². The zero-order valence-electron chi connectivity index (χ0n) is 18.6. The van der Waals surface area contributed by atoms with E-state index in [4.69, 9.17) is 9.97 Å². The minimum atomic E-state index is -0.404. The highest BCUT2D eigenvalue weighted by Crippen LogP contribution is 2.29. The van der Waals surface area contributed by atoms with Crippen LogP contribution in [0, 0.1) is 0 Å². The molecule has 4 heterocycles. The van der Waals surface area contributed by atoms with Crippen molar-refractivity contribution in [3.8, 4) is 0 Å². The maximum Gasteiger partial charge on any atom is 0.290 e. The standard InChI is InChI=1S/C24H23N7O2S/c1-29(18-6-3-2-4-7-18)21-15-17(14-20-22(32)28-24(33)34-20)26-23(27-21)31-12-10-30(11-13-31)19-8-5-9-25-16-19/h2-9,14-16H,10-13H2,1H3,(H,28,32,33). The van der Waals surface area contributed by atoms with E-state index in [0.717, 1.165) is 49.3 Å². The lowest BCUT2D eigenvalue weighted by molar-refractivity contribution is -0.115. The van der Waals surface area contributed by atoms with Crippen LogP contribution < -0.4 is 20.0 Å². The topological polar surface area (TPSA) is 94.6 Å². The molecule has 0 aliphatic carbocycles. The van der Waals surface area contributed by atoms with E-state index in [9.17, 15) is 9.59 Å². The average molecular weight is 474 g/mol. The van der Waals surface area contributed by atoms with E-state index in [2.05, 4.69) is 26.2 Å². The first-order valence-electron chi connectivity index (χ1n) is 10.9. The number of carbonyl (C=O) groups is 2. The zero-order chi connectivity index (χ0) is 23.5. The molecule has 2 aliphatic heterocycles. The van der Waals surface area contributed by atoms with Gasteiger partial charge in [-0.1, -0.05) is 18.2 Å². The number of piperazine rings is 1. The van der Waals surface area contributed by atoms with Gasteiger partial charge in [-0.05, 0) is 42.1 Å². The number of benzene rings is 1. The van der Waals surface area contributed by atoms with Gasteiger partial charge < -0.3 is 14.7 Å². The fourth-order valence-electron chi connectivity index (χ4n) is 3.87. The molecule has 2 amide bonds. The predicted octanol–water partition coefficient (Wildman–Crippen LogP) is 3.29. The molecule has 5 rings (SSSR count). The van der Waals surface area contributed by atoms with E-state index >= 15 is 0 Å². The third-order valence-corrected chi connectivity index (χ3v) is 6.51. The number of hydrogen-bond donors (Lipinski definition) is 1. The smallest absolute Gasteiger partial charge is 0.290 e. The monoisotopic (exact) mass is 473 g/mol. The molecular weight excluding hydrogens is 450 g/mol. The molecule has 0 saturated carbocycles. The highest BCUT2D eigenvalue weighted by Gasteiger charge is 2.26. The Hall–Kier alpha value is -3.92. The fraction of sp³-hybridized carbons (Fsp3) is 0.208. The van der Waals surface area contributed by atoms with E-state index < -0.39 is 5.91 Å². The van der Waals surface area contributed by atoms with Crippen molar-refractivity contribution in [3.05, 3.63) is 71.5 Å². The lowest BCUT2D eigenvalue weighted by Crippen LogP contribution is -2.47. The maximum absolute atomic E-state index is 12.1. The van der Waals surface area contributed by atoms with Gasteiger partial charge in [-0.15, -0.1) is 0 Å². The second-order valence-electron chi connectivity index (χ2n) is 7.88. The van der Waals surface area contributed by atoms with E-state index in [1.807, 2.05) is 60.6 Å². The molecule has 1 aromatic carbocycles. The predicted molar refractivity (Wildman–Crippen MR) is 134 cm³/mol. The Labute approximate surface area is 201 Å². The van der Waals surface area contributed by atoms with Crippen LogP contribution in [0.1, 0.15) is 5.69 Å². The number of hydrogen-bond acceptors (Lipinski definition) is 9. The molecular formula is C24H23N7O2S. The quantitative estimate of drug-likeness (QED) is 0.560. The van der Waals surface area contributed by atoms with Gasteiger partial charge in [0, 0.05) is 51.2 Å². The molecule has 0 atom stereocenters. The summed E-state index contributed by atoms with van der Waals surface area (Å²) in [4.78, 5) is 44.2. The zero-order valence-corrected chi connectivity index (χ0v) is 19.4. The van der Waals surface area contributed by atoms with Gasteiger partial charge in [-0.3, -0.25) is 19.9 Å². The van der Waals surface area contributed by atoms with Crippen LogP contribution >= 0.6 is 11.8 Å². The summed E-state index contributed by atoms with van der Waals surface area (Å²) in [6.07, 6.45) is 5.29. The van der Waals surface area contributed by atoms with E-state index in [1.165, 1.54) is 0 Å². The van der Waals surface area contributed by atoms with Gasteiger partial charge in [0.25, 0.3) is 11.1 Å². The summed E-state index contributed by atoms with van der Waals surface area (Å²) >= 11 is 0.880. The Morgan fingerprint density at radius 1 is 1.00 bits per heavy atom. The Bertz CT molecular complexity index is 1230. The molecule has 2 aliphatic rings. The molecule has 0 bridgehead atoms. The minimum absolute atomic E-state index is 0.323. The lowest BCUT2D eigenvalue weighted by Gasteiger charge is -2.36. The van der Waals surface area contributed by atoms with Crippen LogP contribution in [0.5, 0.6) is 0 Å². The first-order valence-corrected chi connectivity index (χ1v) is 11.7. The Kier molecular flexibility index (Phi) is 6.13. The van der Waals surface area contributed by atoms with Crippen LogP contribution in [0.2, 0.25) is 0 Å². The summed E-state index contributed by atoms with van der Waals surface area (Å²) in [7, 11) is 1.94. The Morgan fingerprint density at radius 2 is 1.76 bits per heavy atom. The fourth-order valence-corrected chi connectivity index (χ4v) is 4.54. The summed E-state index contributed by atoms with van der Waals surface area (Å²) in [5, 5.41) is 1.91. The number of rotatable bonds is 5. The van der Waals surface area contributed by atoms with Crippen LogP contribution in [0.25, 0.3) is 6.08 Å². The molecule has 3 aromatic rings. The van der Waals surface area contributed by atoms with Crippen molar-refractivity contribution in [2.24, 2.45) is 0 Å². The van der Waals surface area contributed by atoms with Gasteiger partial charge in [-0.2, -0.15) is 4.98 Å². The number of anilines is 4. The van der Waals surface area contributed by atoms with Gasteiger partial charge in [0.15, 0.2) is 0 Å². The van der Waals surface area contributed by atoms with Gasteiger partial charge >= 0.3 is 0 Å². The molecule has 2 aromatic heterocycles. The maximum atomic E-state index is 12.1. The summed E-state index contributed by atoms with van der Waals surface area (Å²) in [5.41, 5.74) is 2.65. The molecule has 10 heteroatoms. The molecule has 2 fully saturated rings. The van der Waals surface area contributed by atoms with E-state index in [-0.39, 0.29) is 5.24 Å². The normalized spacial score (nSPS) is 17.3. The molecule has 34 heavy (non-hydrogen) atoms. The molecule has 1 N–H and O–H groups in total. The summed E-state index contributed by atoms with van der Waals surface area (Å²) in [6.45, 7) is 3.13. The van der Waals surface area contributed by atoms with Crippen molar-refractivity contribution < 1.29 is 9.59 Å². The van der Waals surface area contributed by atoms with Crippen LogP contribution in [-0.4, -0.2) is 59.3 Å². The molecule has 0 spiro atoms. The van der Waals surface area contributed by atoms with Crippen LogP contribution in [0.15, 0.2) is 65.8 Å². The second-order valence-corrected chi connectivity index (χ2v) is 8.90. The first-order chi connectivity index (χ1) is 16.6. The first kappa shape index (κ1) is 21.9. The number of pyridine rings is 1. The van der Waals surface area contributed by atoms with E-state index in [1.54, 1.807) is 12.3 Å². The van der Waals surface area contributed by atoms with Crippen molar-refractivity contribution in [2.75, 3.05) is 47.9 Å². The van der Waals surface area contributed by atoms with Crippen molar-refractivity contribution in [3.63, 3.8) is 0 Å². The Morgan fingerprint density at radius 3 is 2.44 bits per heavy atom. The number of para-hydroxylation sites is 1. The van der Waals surface area contributed by atoms with Crippen molar-refractivity contribution >= 4 is 52.1 Å². The minimum Gasteiger partial charge on any atom is -0.367 e. The van der Waals surface area contributed by atoms with Gasteiger partial charge in [-0.25, -0.2) is 4.98 Å². The molecule has 9 nitrogen and oxygen atoms in total. The average Bonchev–Trinajstić information content (AvgIpc) is 3.20. The number of nitrogens with one attached hydrogen (secondary N) is 1. The number of carbonyl (C=O) groups excluding carboxylic acids is 2. The number of amides is 2. The molecule has 2 saturated heterocycles. The van der Waals surface area contributed by atoms with Gasteiger partial charge in [0.05, 0.1) is 22.5 Å². The van der Waals surface area contributed by atoms with Crippen molar-refractivity contribution in [2.45, 2.75) is 0 Å². The van der Waals surface area contributed by atoms with Crippen LogP contribution in [-0.2, 0) is 4.79 Å². The van der Waals surface area contributed by atoms with Crippen molar-refractivity contribution in [1.82, 2.24) is 20.3 Å². The number of nitrogens with zero attached hydrogens (tertiary/aromatic N) is 6. The molecule has 172 valence electrons. The highest BCUT2D eigenvalue weighted by atomic mass is 32.2. The summed E-state index contributed by atoms with van der Waals surface area (Å²) in [5.74, 6) is 0.887. The highest BCUT2D eigenvalue weighted by molar-refractivity contribution is 8.18. The molecule has 0 unspecified atom stereocenters. The number of aromatic nitrogens is 3. The summed E-state index contributed by atoms with van der Waals surface area (Å²) in [6, 6.07) is 15.7. The largest absolute Gasteiger partial charge is 0.367 e.